The summed E-state index contributed by atoms with van der Waals surface area (Å²) in [6.45, 7) is 2.95. The predicted octanol–water partition coefficient (Wildman–Crippen LogP) is 1.01. The minimum Gasteiger partial charge on any atom is -0.476 e. The fourth-order valence-electron chi connectivity index (χ4n) is 1.68. The summed E-state index contributed by atoms with van der Waals surface area (Å²) in [4.78, 5) is 18.0. The summed E-state index contributed by atoms with van der Waals surface area (Å²) in [7, 11) is 1.33. The van der Waals surface area contributed by atoms with Gasteiger partial charge < -0.3 is 10.1 Å². The number of hydrogen-bond donors (Lipinski definition) is 1. The van der Waals surface area contributed by atoms with Crippen molar-refractivity contribution in [1.29, 1.82) is 0 Å². The number of nitro groups is 1. The number of aryl methyl sites for hydroxylation is 1. The predicted molar refractivity (Wildman–Crippen MR) is 70.7 cm³/mol. The minimum atomic E-state index is -0.570. The zero-order chi connectivity index (χ0) is 14.5. The zero-order valence-corrected chi connectivity index (χ0v) is 11.1. The Hall–Kier alpha value is -2.71. The second-order valence-corrected chi connectivity index (χ2v) is 4.04. The lowest BCUT2D eigenvalue weighted by atomic mass is 10.4. The molecule has 0 fully saturated rings. The van der Waals surface area contributed by atoms with Crippen LogP contribution in [0.3, 0.4) is 0 Å². The molecule has 0 bridgehead atoms. The van der Waals surface area contributed by atoms with E-state index < -0.39 is 4.92 Å². The normalized spacial score (nSPS) is 10.3. The first kappa shape index (κ1) is 13.7. The molecule has 9 nitrogen and oxygen atoms in total. The third kappa shape index (κ3) is 2.99. The van der Waals surface area contributed by atoms with Crippen molar-refractivity contribution in [2.75, 3.05) is 19.0 Å². The Labute approximate surface area is 114 Å². The molecule has 2 aromatic heterocycles. The highest BCUT2D eigenvalue weighted by molar-refractivity contribution is 5.60. The van der Waals surface area contributed by atoms with E-state index in [0.29, 0.717) is 13.1 Å². The van der Waals surface area contributed by atoms with Crippen molar-refractivity contribution < 1.29 is 9.66 Å². The Bertz CT molecular complexity index is 612. The summed E-state index contributed by atoms with van der Waals surface area (Å²) < 4.78 is 6.61. The van der Waals surface area contributed by atoms with Gasteiger partial charge in [0, 0.05) is 12.7 Å². The van der Waals surface area contributed by atoms with Gasteiger partial charge in [-0.3, -0.25) is 14.8 Å². The lowest BCUT2D eigenvalue weighted by Gasteiger charge is -2.07. The first-order valence-corrected chi connectivity index (χ1v) is 5.88. The summed E-state index contributed by atoms with van der Waals surface area (Å²) in [5.74, 6) is 0.0631. The van der Waals surface area contributed by atoms with Gasteiger partial charge >= 0.3 is 5.69 Å². The second kappa shape index (κ2) is 5.95. The van der Waals surface area contributed by atoms with Crippen molar-refractivity contribution in [2.45, 2.75) is 13.5 Å². The van der Waals surface area contributed by atoms with Crippen LogP contribution < -0.4 is 10.1 Å². The fraction of sp³-hybridized carbons (Fsp3) is 0.364. The molecule has 0 spiro atoms. The maximum Gasteiger partial charge on any atom is 0.372 e. The molecule has 0 aromatic carbocycles. The molecule has 106 valence electrons. The summed E-state index contributed by atoms with van der Waals surface area (Å²) in [5, 5.41) is 18.0. The second-order valence-electron chi connectivity index (χ2n) is 4.04. The molecule has 2 rings (SSSR count). The summed E-state index contributed by atoms with van der Waals surface area (Å²) in [6, 6.07) is 0. The number of rotatable bonds is 6. The molecule has 9 heteroatoms. The van der Waals surface area contributed by atoms with Crippen LogP contribution in [0.5, 0.6) is 5.88 Å². The van der Waals surface area contributed by atoms with E-state index in [9.17, 15) is 10.1 Å². The highest BCUT2D eigenvalue weighted by atomic mass is 16.6. The number of hydrogen-bond acceptors (Lipinski definition) is 7. The Balaban J connectivity index is 2.07. The van der Waals surface area contributed by atoms with Crippen LogP contribution in [-0.2, 0) is 6.54 Å². The van der Waals surface area contributed by atoms with E-state index in [4.69, 9.17) is 4.74 Å². The van der Waals surface area contributed by atoms with E-state index in [-0.39, 0.29) is 17.4 Å². The van der Waals surface area contributed by atoms with Gasteiger partial charge in [0.05, 0.1) is 24.8 Å². The third-order valence-corrected chi connectivity index (χ3v) is 2.56. The van der Waals surface area contributed by atoms with Crippen LogP contribution in [0.4, 0.5) is 11.5 Å². The van der Waals surface area contributed by atoms with Gasteiger partial charge in [-0.25, -0.2) is 4.98 Å². The Morgan fingerprint density at radius 1 is 1.50 bits per heavy atom. The number of anilines is 1. The Morgan fingerprint density at radius 3 is 2.90 bits per heavy atom. The number of nitrogens with zero attached hydrogens (tertiary/aromatic N) is 5. The van der Waals surface area contributed by atoms with E-state index in [1.165, 1.54) is 13.4 Å². The summed E-state index contributed by atoms with van der Waals surface area (Å²) >= 11 is 0. The third-order valence-electron chi connectivity index (χ3n) is 2.56. The van der Waals surface area contributed by atoms with Crippen LogP contribution >= 0.6 is 0 Å². The lowest BCUT2D eigenvalue weighted by molar-refractivity contribution is -0.385. The molecule has 0 aliphatic carbocycles. The smallest absolute Gasteiger partial charge is 0.372 e. The van der Waals surface area contributed by atoms with Crippen molar-refractivity contribution in [3.63, 3.8) is 0 Å². The van der Waals surface area contributed by atoms with Gasteiger partial charge in [0.2, 0.25) is 5.82 Å². The molecule has 0 aliphatic heterocycles. The average Bonchev–Trinajstić information content (AvgIpc) is 2.83. The van der Waals surface area contributed by atoms with Crippen LogP contribution in [0.1, 0.15) is 5.56 Å². The van der Waals surface area contributed by atoms with E-state index in [1.54, 1.807) is 10.9 Å². The van der Waals surface area contributed by atoms with Gasteiger partial charge in [0.1, 0.15) is 6.33 Å². The number of ether oxygens (including phenoxy) is 1. The van der Waals surface area contributed by atoms with Gasteiger partial charge in [-0.05, 0) is 12.5 Å². The van der Waals surface area contributed by atoms with Gasteiger partial charge in [-0.15, -0.1) is 0 Å². The van der Waals surface area contributed by atoms with Crippen molar-refractivity contribution in [3.05, 3.63) is 34.4 Å². The molecular formula is C11H14N6O3. The first-order valence-electron chi connectivity index (χ1n) is 5.88. The maximum absolute atomic E-state index is 11.0. The SMILES string of the molecule is COc1ncnc(NCCn2cc(C)cn2)c1[N+](=O)[O-]. The summed E-state index contributed by atoms with van der Waals surface area (Å²) in [5.41, 5.74) is 0.784. The van der Waals surface area contributed by atoms with E-state index in [2.05, 4.69) is 20.4 Å². The molecule has 0 saturated heterocycles. The van der Waals surface area contributed by atoms with Gasteiger partial charge in [-0.2, -0.15) is 10.1 Å². The maximum atomic E-state index is 11.0. The Morgan fingerprint density at radius 2 is 2.30 bits per heavy atom. The molecule has 0 saturated carbocycles. The zero-order valence-electron chi connectivity index (χ0n) is 11.1. The average molecular weight is 278 g/mol. The molecule has 20 heavy (non-hydrogen) atoms. The van der Waals surface area contributed by atoms with Crippen LogP contribution in [0, 0.1) is 17.0 Å². The monoisotopic (exact) mass is 278 g/mol. The molecule has 0 amide bonds. The van der Waals surface area contributed by atoms with Crippen LogP contribution in [-0.4, -0.2) is 38.3 Å². The molecule has 2 aromatic rings. The van der Waals surface area contributed by atoms with Crippen LogP contribution in [0.2, 0.25) is 0 Å². The van der Waals surface area contributed by atoms with Gasteiger partial charge in [0.15, 0.2) is 0 Å². The standard InChI is InChI=1S/C11H14N6O3/c1-8-5-15-16(6-8)4-3-12-10-9(17(18)19)11(20-2)14-7-13-10/h5-7H,3-4H2,1-2H3,(H,12,13,14). The molecule has 0 radical (unpaired) electrons. The highest BCUT2D eigenvalue weighted by Crippen LogP contribution is 2.29. The first-order chi connectivity index (χ1) is 9.61. The number of methoxy groups -OCH3 is 1. The van der Waals surface area contributed by atoms with E-state index in [1.807, 2.05) is 13.1 Å². The van der Waals surface area contributed by atoms with Crippen molar-refractivity contribution >= 4 is 11.5 Å². The Kier molecular flexibility index (Phi) is 4.08. The van der Waals surface area contributed by atoms with Crippen LogP contribution in [0.15, 0.2) is 18.7 Å². The summed E-state index contributed by atoms with van der Waals surface area (Å²) in [6.07, 6.45) is 4.85. The van der Waals surface area contributed by atoms with E-state index >= 15 is 0 Å². The fourth-order valence-corrected chi connectivity index (χ4v) is 1.68. The quantitative estimate of drug-likeness (QED) is 0.620. The molecule has 0 unspecified atom stereocenters. The minimum absolute atomic E-state index is 0.0672. The number of aromatic nitrogens is 4. The molecule has 0 atom stereocenters. The van der Waals surface area contributed by atoms with Gasteiger partial charge in [0.25, 0.3) is 5.88 Å². The largest absolute Gasteiger partial charge is 0.476 e. The van der Waals surface area contributed by atoms with Gasteiger partial charge in [-0.1, -0.05) is 0 Å². The molecule has 2 heterocycles. The molecule has 1 N–H and O–H groups in total. The lowest BCUT2D eigenvalue weighted by Crippen LogP contribution is -2.13. The van der Waals surface area contributed by atoms with Crippen molar-refractivity contribution in [2.24, 2.45) is 0 Å². The van der Waals surface area contributed by atoms with Crippen LogP contribution in [0.25, 0.3) is 0 Å². The van der Waals surface area contributed by atoms with Crippen molar-refractivity contribution in [3.8, 4) is 5.88 Å². The van der Waals surface area contributed by atoms with E-state index in [0.717, 1.165) is 5.56 Å². The molecule has 0 aliphatic rings. The van der Waals surface area contributed by atoms with Crippen molar-refractivity contribution in [1.82, 2.24) is 19.7 Å². The number of nitrogens with one attached hydrogen (secondary N) is 1. The highest BCUT2D eigenvalue weighted by Gasteiger charge is 2.23. The molecular weight excluding hydrogens is 264 g/mol. The topological polar surface area (TPSA) is 108 Å².